The van der Waals surface area contributed by atoms with E-state index in [2.05, 4.69) is 67.6 Å². The van der Waals surface area contributed by atoms with E-state index >= 15 is 0 Å². The summed E-state index contributed by atoms with van der Waals surface area (Å²) in [6, 6.07) is 8.84. The predicted molar refractivity (Wildman–Crippen MR) is 86.9 cm³/mol. The maximum Gasteiger partial charge on any atom is 0.103 e. The van der Waals surface area contributed by atoms with Crippen molar-refractivity contribution in [3.05, 3.63) is 41.2 Å². The molecular weight excluding hydrogens is 260 g/mol. The summed E-state index contributed by atoms with van der Waals surface area (Å²) in [6.45, 7) is 8.74. The lowest BCUT2D eigenvalue weighted by Gasteiger charge is -2.14. The maximum atomic E-state index is 4.43. The van der Waals surface area contributed by atoms with Gasteiger partial charge in [-0.1, -0.05) is 45.0 Å². The fraction of sp³-hybridized carbons (Fsp3) is 0.529. The Morgan fingerprint density at radius 3 is 2.57 bits per heavy atom. The molecule has 0 saturated heterocycles. The van der Waals surface area contributed by atoms with E-state index in [0.29, 0.717) is 5.92 Å². The molecule has 1 unspecified atom stereocenters. The average Bonchev–Trinajstić information content (AvgIpc) is 2.92. The number of benzene rings is 1. The van der Waals surface area contributed by atoms with Gasteiger partial charge in [-0.2, -0.15) is 0 Å². The van der Waals surface area contributed by atoms with Gasteiger partial charge in [0.25, 0.3) is 0 Å². The van der Waals surface area contributed by atoms with E-state index in [1.54, 1.807) is 0 Å². The smallest absolute Gasteiger partial charge is 0.103 e. The van der Waals surface area contributed by atoms with Crippen molar-refractivity contribution in [2.24, 2.45) is 0 Å². The summed E-state index contributed by atoms with van der Waals surface area (Å²) >= 11 is 0. The number of nitrogens with one attached hydrogen (secondary N) is 1. The lowest BCUT2D eigenvalue weighted by atomic mass is 10.0. The van der Waals surface area contributed by atoms with Gasteiger partial charge in [0.2, 0.25) is 0 Å². The molecule has 0 spiro atoms. The zero-order valence-corrected chi connectivity index (χ0v) is 13.7. The van der Waals surface area contributed by atoms with Gasteiger partial charge in [0.05, 0.1) is 17.4 Å². The first-order valence-electron chi connectivity index (χ1n) is 7.84. The van der Waals surface area contributed by atoms with Crippen LogP contribution in [-0.2, 0) is 6.42 Å². The monoisotopic (exact) mass is 286 g/mol. The Morgan fingerprint density at radius 2 is 2.00 bits per heavy atom. The second kappa shape index (κ2) is 6.85. The van der Waals surface area contributed by atoms with Crippen LogP contribution in [0.3, 0.4) is 0 Å². The molecule has 1 aromatic heterocycles. The highest BCUT2D eigenvalue weighted by atomic mass is 15.4. The Hall–Kier alpha value is -1.68. The Kier molecular flexibility index (Phi) is 5.12. The van der Waals surface area contributed by atoms with Gasteiger partial charge in [-0.3, -0.25) is 0 Å². The summed E-state index contributed by atoms with van der Waals surface area (Å²) in [5.74, 6) is 0.513. The molecule has 1 heterocycles. The van der Waals surface area contributed by atoms with Crippen LogP contribution in [0.25, 0.3) is 5.69 Å². The maximum absolute atomic E-state index is 4.43. The molecule has 2 aromatic rings. The van der Waals surface area contributed by atoms with Crippen LogP contribution in [0.15, 0.2) is 24.3 Å². The molecule has 4 heteroatoms. The zero-order chi connectivity index (χ0) is 15.4. The molecule has 1 N–H and O–H groups in total. The Labute approximate surface area is 127 Å². The summed E-state index contributed by atoms with van der Waals surface area (Å²) in [6.07, 6.45) is 1.93. The number of aromatic nitrogens is 3. The first-order valence-corrected chi connectivity index (χ1v) is 7.84. The molecule has 2 rings (SSSR count). The van der Waals surface area contributed by atoms with Crippen LogP contribution in [0.5, 0.6) is 0 Å². The van der Waals surface area contributed by atoms with Crippen molar-refractivity contribution in [2.75, 3.05) is 7.05 Å². The van der Waals surface area contributed by atoms with Crippen LogP contribution in [0, 0.1) is 0 Å². The van der Waals surface area contributed by atoms with Gasteiger partial charge in [-0.15, -0.1) is 5.10 Å². The third kappa shape index (κ3) is 3.16. The minimum Gasteiger partial charge on any atom is -0.312 e. The Balaban J connectivity index is 2.47. The van der Waals surface area contributed by atoms with Crippen molar-refractivity contribution < 1.29 is 0 Å². The molecule has 0 fully saturated rings. The topological polar surface area (TPSA) is 42.7 Å². The first-order chi connectivity index (χ1) is 10.1. The van der Waals surface area contributed by atoms with Gasteiger partial charge >= 0.3 is 0 Å². The molecule has 1 aromatic carbocycles. The highest BCUT2D eigenvalue weighted by molar-refractivity contribution is 5.38. The third-order valence-corrected chi connectivity index (χ3v) is 4.00. The van der Waals surface area contributed by atoms with Crippen LogP contribution in [-0.4, -0.2) is 22.0 Å². The van der Waals surface area contributed by atoms with Crippen LogP contribution in [0.4, 0.5) is 0 Å². The van der Waals surface area contributed by atoms with E-state index in [4.69, 9.17) is 0 Å². The molecule has 0 bridgehead atoms. The largest absolute Gasteiger partial charge is 0.312 e. The van der Waals surface area contributed by atoms with Crippen molar-refractivity contribution >= 4 is 0 Å². The van der Waals surface area contributed by atoms with Crippen molar-refractivity contribution in [2.45, 2.75) is 52.5 Å². The summed E-state index contributed by atoms with van der Waals surface area (Å²) in [4.78, 5) is 0. The van der Waals surface area contributed by atoms with E-state index in [1.165, 1.54) is 11.3 Å². The van der Waals surface area contributed by atoms with Gasteiger partial charge in [-0.05, 0) is 43.5 Å². The number of hydrogen-bond donors (Lipinski definition) is 1. The second-order valence-electron chi connectivity index (χ2n) is 5.69. The highest BCUT2D eigenvalue weighted by Gasteiger charge is 2.19. The first kappa shape index (κ1) is 15.7. The molecule has 0 saturated carbocycles. The molecule has 0 aliphatic rings. The van der Waals surface area contributed by atoms with E-state index in [1.807, 2.05) is 11.7 Å². The normalized spacial score (nSPS) is 12.9. The van der Waals surface area contributed by atoms with E-state index in [-0.39, 0.29) is 6.04 Å². The standard InChI is InChI=1S/C17H26N4/c1-6-15(18-5)17-16(7-2)21(20-19-17)14-10-8-9-13(11-14)12(3)4/h8-12,15,18H,6-7H2,1-5H3. The minimum absolute atomic E-state index is 0.266. The lowest BCUT2D eigenvalue weighted by Crippen LogP contribution is -2.17. The average molecular weight is 286 g/mol. The number of hydrogen-bond acceptors (Lipinski definition) is 3. The van der Waals surface area contributed by atoms with E-state index in [9.17, 15) is 0 Å². The fourth-order valence-corrected chi connectivity index (χ4v) is 2.67. The molecule has 0 radical (unpaired) electrons. The van der Waals surface area contributed by atoms with Gasteiger partial charge < -0.3 is 5.32 Å². The molecule has 0 aliphatic heterocycles. The molecular formula is C17H26N4. The molecule has 4 nitrogen and oxygen atoms in total. The predicted octanol–water partition coefficient (Wildman–Crippen LogP) is 3.62. The van der Waals surface area contributed by atoms with Gasteiger partial charge in [0.15, 0.2) is 0 Å². The third-order valence-electron chi connectivity index (χ3n) is 4.00. The Bertz CT molecular complexity index is 582. The van der Waals surface area contributed by atoms with Gasteiger partial charge in [0, 0.05) is 0 Å². The van der Waals surface area contributed by atoms with E-state index in [0.717, 1.165) is 24.2 Å². The van der Waals surface area contributed by atoms with Crippen LogP contribution >= 0.6 is 0 Å². The van der Waals surface area contributed by atoms with E-state index < -0.39 is 0 Å². The van der Waals surface area contributed by atoms with Crippen LogP contribution < -0.4 is 5.32 Å². The lowest BCUT2D eigenvalue weighted by molar-refractivity contribution is 0.555. The Morgan fingerprint density at radius 1 is 1.24 bits per heavy atom. The summed E-state index contributed by atoms with van der Waals surface area (Å²) in [7, 11) is 1.98. The molecule has 0 aliphatic carbocycles. The number of nitrogens with zero attached hydrogens (tertiary/aromatic N) is 3. The quantitative estimate of drug-likeness (QED) is 0.882. The minimum atomic E-state index is 0.266. The number of rotatable bonds is 6. The fourth-order valence-electron chi connectivity index (χ4n) is 2.67. The summed E-state index contributed by atoms with van der Waals surface area (Å²) in [5.41, 5.74) is 4.68. The van der Waals surface area contributed by atoms with Crippen LogP contribution in [0.1, 0.15) is 63.0 Å². The zero-order valence-electron chi connectivity index (χ0n) is 13.7. The van der Waals surface area contributed by atoms with Crippen molar-refractivity contribution in [1.82, 2.24) is 20.3 Å². The van der Waals surface area contributed by atoms with Crippen molar-refractivity contribution in [3.63, 3.8) is 0 Å². The highest BCUT2D eigenvalue weighted by Crippen LogP contribution is 2.23. The van der Waals surface area contributed by atoms with Crippen molar-refractivity contribution in [3.8, 4) is 5.69 Å². The molecule has 1 atom stereocenters. The second-order valence-corrected chi connectivity index (χ2v) is 5.69. The SMILES string of the molecule is CCc1c(C(CC)NC)nnn1-c1cccc(C(C)C)c1. The molecule has 0 amide bonds. The van der Waals surface area contributed by atoms with Gasteiger partial charge in [-0.25, -0.2) is 4.68 Å². The van der Waals surface area contributed by atoms with Gasteiger partial charge in [0.1, 0.15) is 5.69 Å². The summed E-state index contributed by atoms with van der Waals surface area (Å²) < 4.78 is 1.99. The molecule has 114 valence electrons. The van der Waals surface area contributed by atoms with Crippen LogP contribution in [0.2, 0.25) is 0 Å². The molecule has 21 heavy (non-hydrogen) atoms. The van der Waals surface area contributed by atoms with Crippen molar-refractivity contribution in [1.29, 1.82) is 0 Å². The summed E-state index contributed by atoms with van der Waals surface area (Å²) in [5, 5.41) is 12.2.